The van der Waals surface area contributed by atoms with Gasteiger partial charge in [0.25, 0.3) is 0 Å². The highest BCUT2D eigenvalue weighted by Crippen LogP contribution is 2.28. The molecule has 2 aromatic rings. The number of halogens is 2. The minimum absolute atomic E-state index is 0.0985. The Balaban J connectivity index is 2.25. The topological polar surface area (TPSA) is 65.1 Å². The molecule has 0 amide bonds. The summed E-state index contributed by atoms with van der Waals surface area (Å²) >= 11 is 9.76. The average molecular weight is 374 g/mol. The van der Waals surface area contributed by atoms with Crippen LogP contribution in [0.5, 0.6) is 0 Å². The molecule has 1 atom stereocenters. The SMILES string of the molecule is COCCn1ncc(Br)c1C(Cc1ccccc1Cl)NN. The maximum Gasteiger partial charge on any atom is 0.0713 e. The second-order valence-corrected chi connectivity index (χ2v) is 5.87. The highest BCUT2D eigenvalue weighted by molar-refractivity contribution is 9.10. The second-order valence-electron chi connectivity index (χ2n) is 4.61. The fourth-order valence-corrected chi connectivity index (χ4v) is 2.98. The third kappa shape index (κ3) is 4.05. The van der Waals surface area contributed by atoms with Crippen LogP contribution in [0.25, 0.3) is 0 Å². The fourth-order valence-electron chi connectivity index (χ4n) is 2.19. The Morgan fingerprint density at radius 1 is 1.48 bits per heavy atom. The normalized spacial score (nSPS) is 12.6. The number of nitrogens with two attached hydrogens (primary N) is 1. The number of hydrazine groups is 1. The summed E-state index contributed by atoms with van der Waals surface area (Å²) in [5.41, 5.74) is 4.86. The lowest BCUT2D eigenvalue weighted by Gasteiger charge is -2.19. The van der Waals surface area contributed by atoms with Crippen LogP contribution in [-0.4, -0.2) is 23.5 Å². The molecule has 21 heavy (non-hydrogen) atoms. The first-order valence-corrected chi connectivity index (χ1v) is 7.74. The maximum absolute atomic E-state index is 6.23. The van der Waals surface area contributed by atoms with Crippen molar-refractivity contribution in [1.82, 2.24) is 15.2 Å². The van der Waals surface area contributed by atoms with E-state index in [1.807, 2.05) is 28.9 Å². The number of aromatic nitrogens is 2. The Morgan fingerprint density at radius 3 is 2.90 bits per heavy atom. The van der Waals surface area contributed by atoms with E-state index in [0.29, 0.717) is 19.6 Å². The molecule has 0 radical (unpaired) electrons. The van der Waals surface area contributed by atoms with Crippen molar-refractivity contribution in [1.29, 1.82) is 0 Å². The second kappa shape index (κ2) is 7.91. The summed E-state index contributed by atoms with van der Waals surface area (Å²) in [6.45, 7) is 1.25. The first-order chi connectivity index (χ1) is 10.2. The molecule has 0 saturated heterocycles. The average Bonchev–Trinajstić information content (AvgIpc) is 2.85. The summed E-state index contributed by atoms with van der Waals surface area (Å²) in [5.74, 6) is 5.74. The minimum Gasteiger partial charge on any atom is -0.383 e. The Labute approximate surface area is 137 Å². The lowest BCUT2D eigenvalue weighted by Crippen LogP contribution is -2.32. The van der Waals surface area contributed by atoms with Crippen molar-refractivity contribution < 1.29 is 4.74 Å². The Morgan fingerprint density at radius 2 is 2.24 bits per heavy atom. The van der Waals surface area contributed by atoms with Crippen LogP contribution in [0.3, 0.4) is 0 Å². The number of ether oxygens (including phenoxy) is 1. The van der Waals surface area contributed by atoms with Crippen LogP contribution in [0.2, 0.25) is 5.02 Å². The van der Waals surface area contributed by atoms with E-state index in [2.05, 4.69) is 26.5 Å². The molecule has 0 fully saturated rings. The van der Waals surface area contributed by atoms with Gasteiger partial charge in [0.15, 0.2) is 0 Å². The summed E-state index contributed by atoms with van der Waals surface area (Å²) in [7, 11) is 1.67. The number of methoxy groups -OCH3 is 1. The molecule has 0 spiro atoms. The number of benzene rings is 1. The number of hydrogen-bond acceptors (Lipinski definition) is 4. The third-order valence-corrected chi connectivity index (χ3v) is 4.23. The lowest BCUT2D eigenvalue weighted by atomic mass is 10.0. The minimum atomic E-state index is -0.0985. The third-order valence-electron chi connectivity index (χ3n) is 3.25. The van der Waals surface area contributed by atoms with Crippen molar-refractivity contribution >= 4 is 27.5 Å². The van der Waals surface area contributed by atoms with Gasteiger partial charge in [-0.1, -0.05) is 29.8 Å². The summed E-state index contributed by atoms with van der Waals surface area (Å²) in [4.78, 5) is 0. The summed E-state index contributed by atoms with van der Waals surface area (Å²) < 4.78 is 7.91. The molecule has 1 aromatic carbocycles. The Bertz CT molecular complexity index is 590. The summed E-state index contributed by atoms with van der Waals surface area (Å²) in [6.07, 6.45) is 2.44. The van der Waals surface area contributed by atoms with Crippen molar-refractivity contribution in [3.63, 3.8) is 0 Å². The molecule has 5 nitrogen and oxygen atoms in total. The molecule has 3 N–H and O–H groups in total. The van der Waals surface area contributed by atoms with Crippen LogP contribution in [0.15, 0.2) is 34.9 Å². The fraction of sp³-hybridized carbons (Fsp3) is 0.357. The molecular weight excluding hydrogens is 356 g/mol. The van der Waals surface area contributed by atoms with Crippen molar-refractivity contribution in [3.8, 4) is 0 Å². The highest BCUT2D eigenvalue weighted by atomic mass is 79.9. The van der Waals surface area contributed by atoms with Gasteiger partial charge in [0.2, 0.25) is 0 Å². The van der Waals surface area contributed by atoms with Gasteiger partial charge >= 0.3 is 0 Å². The van der Waals surface area contributed by atoms with Gasteiger partial charge in [-0.15, -0.1) is 0 Å². The summed E-state index contributed by atoms with van der Waals surface area (Å²) in [5, 5.41) is 5.08. The molecule has 114 valence electrons. The van der Waals surface area contributed by atoms with Crippen molar-refractivity contribution in [2.75, 3.05) is 13.7 Å². The number of rotatable bonds is 7. The van der Waals surface area contributed by atoms with E-state index < -0.39 is 0 Å². The van der Waals surface area contributed by atoms with E-state index in [-0.39, 0.29) is 6.04 Å². The zero-order chi connectivity index (χ0) is 15.2. The maximum atomic E-state index is 6.23. The number of nitrogens with one attached hydrogen (secondary N) is 1. The van der Waals surface area contributed by atoms with Gasteiger partial charge in [0.1, 0.15) is 0 Å². The van der Waals surface area contributed by atoms with Gasteiger partial charge < -0.3 is 4.74 Å². The standard InChI is InChI=1S/C14H18BrClN4O/c1-21-7-6-20-14(11(15)9-18-20)13(19-17)8-10-4-2-3-5-12(10)16/h2-5,9,13,19H,6-8,17H2,1H3. The van der Waals surface area contributed by atoms with E-state index in [1.165, 1.54) is 0 Å². The zero-order valence-electron chi connectivity index (χ0n) is 11.7. The zero-order valence-corrected chi connectivity index (χ0v) is 14.1. The predicted molar refractivity (Wildman–Crippen MR) is 87.0 cm³/mol. The van der Waals surface area contributed by atoms with Gasteiger partial charge in [0, 0.05) is 12.1 Å². The van der Waals surface area contributed by atoms with Crippen LogP contribution >= 0.6 is 27.5 Å². The largest absolute Gasteiger partial charge is 0.383 e. The molecule has 0 saturated carbocycles. The monoisotopic (exact) mass is 372 g/mol. The van der Waals surface area contributed by atoms with Crippen molar-refractivity contribution in [2.24, 2.45) is 5.84 Å². The number of nitrogens with zero attached hydrogens (tertiary/aromatic N) is 2. The first-order valence-electron chi connectivity index (χ1n) is 6.57. The van der Waals surface area contributed by atoms with Crippen LogP contribution in [0.1, 0.15) is 17.3 Å². The van der Waals surface area contributed by atoms with Crippen molar-refractivity contribution in [3.05, 3.63) is 51.2 Å². The van der Waals surface area contributed by atoms with Crippen LogP contribution < -0.4 is 11.3 Å². The highest BCUT2D eigenvalue weighted by Gasteiger charge is 2.20. The van der Waals surface area contributed by atoms with Gasteiger partial charge in [-0.3, -0.25) is 16.0 Å². The van der Waals surface area contributed by atoms with E-state index in [1.54, 1.807) is 13.3 Å². The smallest absolute Gasteiger partial charge is 0.0713 e. The van der Waals surface area contributed by atoms with Crippen molar-refractivity contribution in [2.45, 2.75) is 19.0 Å². The molecular formula is C14H18BrClN4O. The first kappa shape index (κ1) is 16.5. The molecule has 2 rings (SSSR count). The van der Waals surface area contributed by atoms with E-state index in [4.69, 9.17) is 22.2 Å². The van der Waals surface area contributed by atoms with Gasteiger partial charge in [-0.05, 0) is 34.0 Å². The van der Waals surface area contributed by atoms with Crippen LogP contribution in [0.4, 0.5) is 0 Å². The molecule has 0 aliphatic heterocycles. The van der Waals surface area contributed by atoms with Crippen LogP contribution in [-0.2, 0) is 17.7 Å². The molecule has 0 aliphatic rings. The predicted octanol–water partition coefficient (Wildman–Crippen LogP) is 2.69. The molecule has 1 heterocycles. The van der Waals surface area contributed by atoms with E-state index in [9.17, 15) is 0 Å². The Hall–Kier alpha value is -0.920. The van der Waals surface area contributed by atoms with Gasteiger partial charge in [0.05, 0.1) is 35.6 Å². The molecule has 0 aliphatic carbocycles. The molecule has 1 unspecified atom stereocenters. The molecule has 0 bridgehead atoms. The molecule has 1 aromatic heterocycles. The van der Waals surface area contributed by atoms with Gasteiger partial charge in [-0.25, -0.2) is 0 Å². The van der Waals surface area contributed by atoms with Gasteiger partial charge in [-0.2, -0.15) is 5.10 Å². The quantitative estimate of drug-likeness (QED) is 0.578. The van der Waals surface area contributed by atoms with E-state index >= 15 is 0 Å². The Kier molecular flexibility index (Phi) is 6.20. The lowest BCUT2D eigenvalue weighted by molar-refractivity contribution is 0.181. The summed E-state index contributed by atoms with van der Waals surface area (Å²) in [6, 6.07) is 7.65. The van der Waals surface area contributed by atoms with Crippen LogP contribution in [0, 0.1) is 0 Å². The number of hydrogen-bond donors (Lipinski definition) is 2. The van der Waals surface area contributed by atoms with E-state index in [0.717, 1.165) is 20.8 Å². The molecule has 7 heteroatoms.